The number of likely N-dealkylation sites (N-methyl/N-ethyl adjacent to an activating group) is 1. The fraction of sp³-hybridized carbons (Fsp3) is 0.375. The highest BCUT2D eigenvalue weighted by Crippen LogP contribution is 2.53. The van der Waals surface area contributed by atoms with Crippen molar-refractivity contribution < 1.29 is 9.59 Å². The lowest BCUT2D eigenvalue weighted by Crippen LogP contribution is -2.49. The van der Waals surface area contributed by atoms with Crippen molar-refractivity contribution in [3.8, 4) is 11.3 Å². The first-order valence-corrected chi connectivity index (χ1v) is 13.7. The number of allylic oxidation sites excluding steroid dienone is 1. The Morgan fingerprint density at radius 3 is 2.39 bits per heavy atom. The summed E-state index contributed by atoms with van der Waals surface area (Å²) in [7, 11) is 0. The van der Waals surface area contributed by atoms with Gasteiger partial charge in [-0.25, -0.2) is 0 Å². The van der Waals surface area contributed by atoms with E-state index in [1.807, 2.05) is 53.1 Å². The van der Waals surface area contributed by atoms with Crippen LogP contribution in [0.5, 0.6) is 0 Å². The number of carbonyl (C=O) groups is 2. The summed E-state index contributed by atoms with van der Waals surface area (Å²) in [5.41, 5.74) is 7.88. The van der Waals surface area contributed by atoms with Crippen LogP contribution in [-0.2, 0) is 4.79 Å². The van der Waals surface area contributed by atoms with Gasteiger partial charge in [-0.05, 0) is 50.9 Å². The van der Waals surface area contributed by atoms with E-state index in [0.717, 1.165) is 59.0 Å². The van der Waals surface area contributed by atoms with Crippen molar-refractivity contribution in [3.05, 3.63) is 82.6 Å². The summed E-state index contributed by atoms with van der Waals surface area (Å²) in [5, 5.41) is 0. The molecule has 1 fully saturated rings. The highest BCUT2D eigenvalue weighted by molar-refractivity contribution is 6.14. The number of H-pyrrole nitrogens is 1. The lowest BCUT2D eigenvalue weighted by atomic mass is 9.85. The van der Waals surface area contributed by atoms with Crippen molar-refractivity contribution in [1.82, 2.24) is 14.8 Å². The molecule has 0 saturated carbocycles. The van der Waals surface area contributed by atoms with Crippen LogP contribution in [0.3, 0.4) is 0 Å². The molecule has 2 aromatic carbocycles. The van der Waals surface area contributed by atoms with E-state index in [-0.39, 0.29) is 11.8 Å². The second-order valence-electron chi connectivity index (χ2n) is 11.3. The Morgan fingerprint density at radius 2 is 1.71 bits per heavy atom. The maximum absolute atomic E-state index is 14.5. The average molecular weight is 509 g/mol. The van der Waals surface area contributed by atoms with Gasteiger partial charge in [0.05, 0.1) is 28.4 Å². The molecule has 1 aromatic heterocycles. The summed E-state index contributed by atoms with van der Waals surface area (Å²) in [4.78, 5) is 38.5. The maximum atomic E-state index is 14.5. The van der Waals surface area contributed by atoms with Crippen LogP contribution < -0.4 is 4.90 Å². The van der Waals surface area contributed by atoms with E-state index >= 15 is 0 Å². The molecule has 0 aliphatic carbocycles. The summed E-state index contributed by atoms with van der Waals surface area (Å²) in [6.07, 6.45) is 2.18. The zero-order valence-electron chi connectivity index (χ0n) is 23.0. The molecule has 0 radical (unpaired) electrons. The van der Waals surface area contributed by atoms with Gasteiger partial charge in [-0.2, -0.15) is 0 Å². The second-order valence-corrected chi connectivity index (χ2v) is 11.3. The Morgan fingerprint density at radius 1 is 1.00 bits per heavy atom. The molecule has 196 valence electrons. The van der Waals surface area contributed by atoms with E-state index in [4.69, 9.17) is 0 Å². The lowest BCUT2D eigenvalue weighted by Gasteiger charge is -2.39. The van der Waals surface area contributed by atoms with Crippen molar-refractivity contribution in [3.63, 3.8) is 0 Å². The van der Waals surface area contributed by atoms with Crippen molar-refractivity contribution in [1.29, 1.82) is 0 Å². The van der Waals surface area contributed by atoms with Crippen molar-refractivity contribution >= 4 is 23.1 Å². The van der Waals surface area contributed by atoms with E-state index in [2.05, 4.69) is 55.8 Å². The highest BCUT2D eigenvalue weighted by atomic mass is 16.2. The van der Waals surface area contributed by atoms with Gasteiger partial charge < -0.3 is 19.7 Å². The molecule has 1 unspecified atom stereocenters. The van der Waals surface area contributed by atoms with E-state index < -0.39 is 11.5 Å². The molecule has 6 rings (SSSR count). The lowest BCUT2D eigenvalue weighted by molar-refractivity contribution is -0.119. The van der Waals surface area contributed by atoms with Crippen LogP contribution in [0.4, 0.5) is 5.69 Å². The number of hydrogen-bond acceptors (Lipinski definition) is 3. The van der Waals surface area contributed by atoms with E-state index in [1.54, 1.807) is 0 Å². The molecule has 2 amide bonds. The number of para-hydroxylation sites is 1. The van der Waals surface area contributed by atoms with Gasteiger partial charge in [-0.3, -0.25) is 9.59 Å². The van der Waals surface area contributed by atoms with Crippen LogP contribution in [-0.4, -0.2) is 64.9 Å². The summed E-state index contributed by atoms with van der Waals surface area (Å²) in [5.74, 6) is -0.513. The standard InChI is InChI=1S/C32H36N4O2/c1-6-34-15-17-35(18-16-34)30(37)25-21(3)33-28(22-11-8-7-9-12-22)27(25)26-24-14-10-13-23-20(2)19-32(4,5)36(29(23)24)31(26)38/h7-14,19,26,33H,6,15-18H2,1-5H3. The molecule has 1 atom stereocenters. The van der Waals surface area contributed by atoms with Crippen LogP contribution in [0.25, 0.3) is 16.8 Å². The molecule has 0 spiro atoms. The van der Waals surface area contributed by atoms with Gasteiger partial charge in [0.15, 0.2) is 0 Å². The number of hydrogen-bond donors (Lipinski definition) is 1. The number of carbonyl (C=O) groups excluding carboxylic acids is 2. The van der Waals surface area contributed by atoms with Gasteiger partial charge in [0.2, 0.25) is 5.91 Å². The molecule has 6 heteroatoms. The minimum atomic E-state index is -0.556. The summed E-state index contributed by atoms with van der Waals surface area (Å²) < 4.78 is 0. The number of piperazine rings is 1. The third kappa shape index (κ3) is 3.65. The molecular weight excluding hydrogens is 472 g/mol. The predicted molar refractivity (Wildman–Crippen MR) is 152 cm³/mol. The zero-order valence-corrected chi connectivity index (χ0v) is 23.0. The number of anilines is 1. The second kappa shape index (κ2) is 8.98. The Hall–Kier alpha value is -3.64. The quantitative estimate of drug-likeness (QED) is 0.510. The molecule has 0 bridgehead atoms. The third-order valence-electron chi connectivity index (χ3n) is 8.54. The van der Waals surface area contributed by atoms with E-state index in [0.29, 0.717) is 18.7 Å². The zero-order chi connectivity index (χ0) is 26.8. The number of amides is 2. The fourth-order valence-corrected chi connectivity index (χ4v) is 6.72. The summed E-state index contributed by atoms with van der Waals surface area (Å²) in [6.45, 7) is 14.5. The van der Waals surface area contributed by atoms with Crippen molar-refractivity contribution in [2.45, 2.75) is 46.1 Å². The molecule has 3 aliphatic rings. The number of rotatable bonds is 4. The average Bonchev–Trinajstić information content (AvgIpc) is 3.41. The van der Waals surface area contributed by atoms with Crippen LogP contribution >= 0.6 is 0 Å². The Kier molecular flexibility index (Phi) is 5.84. The molecule has 38 heavy (non-hydrogen) atoms. The summed E-state index contributed by atoms with van der Waals surface area (Å²) >= 11 is 0. The van der Waals surface area contributed by atoms with Crippen molar-refractivity contribution in [2.75, 3.05) is 37.6 Å². The first kappa shape index (κ1) is 24.7. The van der Waals surface area contributed by atoms with Gasteiger partial charge in [-0.15, -0.1) is 0 Å². The number of aryl methyl sites for hydroxylation is 1. The van der Waals surface area contributed by atoms with Crippen LogP contribution in [0.1, 0.15) is 66.4 Å². The smallest absolute Gasteiger partial charge is 0.256 e. The number of aromatic amines is 1. The van der Waals surface area contributed by atoms with Crippen LogP contribution in [0.2, 0.25) is 0 Å². The minimum Gasteiger partial charge on any atom is -0.358 e. The molecular formula is C32H36N4O2. The number of nitrogens with one attached hydrogen (secondary N) is 1. The van der Waals surface area contributed by atoms with Gasteiger partial charge in [0, 0.05) is 43.0 Å². The topological polar surface area (TPSA) is 59.7 Å². The normalized spacial score (nSPS) is 20.5. The molecule has 3 aliphatic heterocycles. The first-order chi connectivity index (χ1) is 18.2. The number of aromatic nitrogens is 1. The molecule has 1 N–H and O–H groups in total. The SMILES string of the molecule is CCN1CCN(C(=O)c2c(C)[nH]c(-c3ccccc3)c2C2C(=O)N3c4c(cccc42)C(C)=CC3(C)C)CC1. The minimum absolute atomic E-state index is 0.0130. The van der Waals surface area contributed by atoms with Gasteiger partial charge in [-0.1, -0.05) is 61.5 Å². The van der Waals surface area contributed by atoms with Crippen molar-refractivity contribution in [2.24, 2.45) is 0 Å². The third-order valence-corrected chi connectivity index (χ3v) is 8.54. The van der Waals surface area contributed by atoms with Crippen LogP contribution in [0, 0.1) is 6.92 Å². The Bertz CT molecular complexity index is 1460. The fourth-order valence-electron chi connectivity index (χ4n) is 6.72. The monoisotopic (exact) mass is 508 g/mol. The molecule has 3 aromatic rings. The molecule has 4 heterocycles. The molecule has 6 nitrogen and oxygen atoms in total. The Balaban J connectivity index is 1.55. The summed E-state index contributed by atoms with van der Waals surface area (Å²) in [6, 6.07) is 16.3. The van der Waals surface area contributed by atoms with E-state index in [1.165, 1.54) is 5.57 Å². The molecule has 1 saturated heterocycles. The van der Waals surface area contributed by atoms with Crippen LogP contribution in [0.15, 0.2) is 54.6 Å². The number of nitrogens with zero attached hydrogens (tertiary/aromatic N) is 3. The van der Waals surface area contributed by atoms with Gasteiger partial charge in [0.25, 0.3) is 5.91 Å². The first-order valence-electron chi connectivity index (χ1n) is 13.7. The van der Waals surface area contributed by atoms with Gasteiger partial charge in [0.1, 0.15) is 0 Å². The van der Waals surface area contributed by atoms with E-state index in [9.17, 15) is 9.59 Å². The predicted octanol–water partition coefficient (Wildman–Crippen LogP) is 5.44. The van der Waals surface area contributed by atoms with Gasteiger partial charge >= 0.3 is 0 Å². The largest absolute Gasteiger partial charge is 0.358 e. The Labute approximate surface area is 224 Å². The maximum Gasteiger partial charge on any atom is 0.256 e. The highest BCUT2D eigenvalue weighted by Gasteiger charge is 2.49. The number of benzene rings is 2.